The molecule has 88 valence electrons. The zero-order chi connectivity index (χ0) is 12.3. The van der Waals surface area contributed by atoms with Crippen molar-refractivity contribution in [2.24, 2.45) is 0 Å². The van der Waals surface area contributed by atoms with Gasteiger partial charge in [0.15, 0.2) is 0 Å². The van der Waals surface area contributed by atoms with E-state index >= 15 is 0 Å². The number of pyridine rings is 1. The van der Waals surface area contributed by atoms with Crippen LogP contribution in [-0.4, -0.2) is 4.98 Å². The second kappa shape index (κ2) is 5.38. The molecule has 0 aliphatic carbocycles. The molecule has 0 aliphatic rings. The zero-order valence-electron chi connectivity index (χ0n) is 8.86. The van der Waals surface area contributed by atoms with E-state index in [1.54, 1.807) is 12.3 Å². The molecule has 0 radical (unpaired) electrons. The van der Waals surface area contributed by atoms with Crippen molar-refractivity contribution in [3.63, 3.8) is 0 Å². The second-order valence-corrected chi connectivity index (χ2v) is 4.80. The molecule has 2 nitrogen and oxygen atoms in total. The lowest BCUT2D eigenvalue weighted by Crippen LogP contribution is -1.91. The van der Waals surface area contributed by atoms with Gasteiger partial charge < -0.3 is 5.73 Å². The van der Waals surface area contributed by atoms with Crippen LogP contribution < -0.4 is 5.73 Å². The predicted molar refractivity (Wildman–Crippen MR) is 69.6 cm³/mol. The van der Waals surface area contributed by atoms with Crippen LogP contribution in [0.5, 0.6) is 0 Å². The maximum absolute atomic E-state index is 13.0. The zero-order valence-corrected chi connectivity index (χ0v) is 10.4. The third-order valence-electron chi connectivity index (χ3n) is 2.20. The molecule has 0 amide bonds. The number of hydrogen-bond acceptors (Lipinski definition) is 3. The number of nitrogens with zero attached hydrogens (tertiary/aromatic N) is 1. The van der Waals surface area contributed by atoms with Crippen LogP contribution >= 0.6 is 23.4 Å². The number of anilines is 1. The van der Waals surface area contributed by atoms with E-state index in [0.29, 0.717) is 21.5 Å². The van der Waals surface area contributed by atoms with E-state index < -0.39 is 0 Å². The Labute approximate surface area is 108 Å². The summed E-state index contributed by atoms with van der Waals surface area (Å²) >= 11 is 7.37. The van der Waals surface area contributed by atoms with Crippen LogP contribution in [0.15, 0.2) is 41.4 Å². The van der Waals surface area contributed by atoms with Crippen molar-refractivity contribution in [1.82, 2.24) is 4.98 Å². The van der Waals surface area contributed by atoms with Gasteiger partial charge in [-0.3, -0.25) is 0 Å². The smallest absolute Gasteiger partial charge is 0.133 e. The summed E-state index contributed by atoms with van der Waals surface area (Å²) in [5, 5.41) is 0.468. The molecule has 0 spiro atoms. The third-order valence-corrected chi connectivity index (χ3v) is 3.66. The lowest BCUT2D eigenvalue weighted by Gasteiger charge is -2.06. The summed E-state index contributed by atoms with van der Waals surface area (Å²) in [6, 6.07) is 8.03. The molecule has 0 saturated heterocycles. The second-order valence-electron chi connectivity index (χ2n) is 3.42. The van der Waals surface area contributed by atoms with Crippen molar-refractivity contribution >= 4 is 29.1 Å². The number of benzene rings is 1. The molecule has 17 heavy (non-hydrogen) atoms. The van der Waals surface area contributed by atoms with Gasteiger partial charge in [0, 0.05) is 22.5 Å². The van der Waals surface area contributed by atoms with E-state index in [0.717, 1.165) is 5.56 Å². The van der Waals surface area contributed by atoms with Gasteiger partial charge >= 0.3 is 0 Å². The van der Waals surface area contributed by atoms with Gasteiger partial charge in [-0.15, -0.1) is 11.8 Å². The first kappa shape index (κ1) is 12.2. The van der Waals surface area contributed by atoms with Crippen molar-refractivity contribution in [3.8, 4) is 0 Å². The van der Waals surface area contributed by atoms with E-state index in [2.05, 4.69) is 4.98 Å². The highest BCUT2D eigenvalue weighted by molar-refractivity contribution is 7.98. The Morgan fingerprint density at radius 3 is 2.94 bits per heavy atom. The average molecular weight is 269 g/mol. The van der Waals surface area contributed by atoms with Crippen molar-refractivity contribution < 1.29 is 4.39 Å². The quantitative estimate of drug-likeness (QED) is 0.523. The average Bonchev–Trinajstić information content (AvgIpc) is 2.32. The first-order valence-electron chi connectivity index (χ1n) is 4.94. The van der Waals surface area contributed by atoms with Crippen LogP contribution in [0.1, 0.15) is 5.56 Å². The number of halogens is 2. The van der Waals surface area contributed by atoms with E-state index in [1.165, 1.54) is 23.9 Å². The minimum absolute atomic E-state index is 0.293. The van der Waals surface area contributed by atoms with Crippen molar-refractivity contribution in [2.45, 2.75) is 10.6 Å². The summed E-state index contributed by atoms with van der Waals surface area (Å²) in [5.74, 6) is 0.319. The van der Waals surface area contributed by atoms with Crippen LogP contribution in [-0.2, 0) is 5.75 Å². The van der Waals surface area contributed by atoms with Crippen molar-refractivity contribution in [1.29, 1.82) is 0 Å². The monoisotopic (exact) mass is 268 g/mol. The van der Waals surface area contributed by atoms with Crippen LogP contribution in [0.4, 0.5) is 10.1 Å². The minimum Gasteiger partial charge on any atom is -0.398 e. The fraction of sp³-hybridized carbons (Fsp3) is 0.0833. The van der Waals surface area contributed by atoms with E-state index in [4.69, 9.17) is 17.3 Å². The van der Waals surface area contributed by atoms with Gasteiger partial charge in [-0.2, -0.15) is 0 Å². The number of nitrogens with two attached hydrogens (primary N) is 1. The maximum Gasteiger partial charge on any atom is 0.133 e. The van der Waals surface area contributed by atoms with E-state index in [-0.39, 0.29) is 5.82 Å². The Balaban J connectivity index is 2.12. The Bertz CT molecular complexity index is 534. The molecule has 2 rings (SSSR count). The molecule has 0 bridgehead atoms. The molecule has 0 aliphatic heterocycles. The van der Waals surface area contributed by atoms with E-state index in [9.17, 15) is 4.39 Å². The van der Waals surface area contributed by atoms with Gasteiger partial charge in [0.25, 0.3) is 0 Å². The fourth-order valence-electron chi connectivity index (χ4n) is 1.32. The van der Waals surface area contributed by atoms with E-state index in [1.807, 2.05) is 12.1 Å². The highest BCUT2D eigenvalue weighted by atomic mass is 35.5. The minimum atomic E-state index is -0.293. The normalized spacial score (nSPS) is 10.5. The molecular weight excluding hydrogens is 259 g/mol. The number of aromatic nitrogens is 1. The Morgan fingerprint density at radius 1 is 1.35 bits per heavy atom. The van der Waals surface area contributed by atoms with Crippen molar-refractivity contribution in [2.75, 3.05) is 5.73 Å². The summed E-state index contributed by atoms with van der Waals surface area (Å²) in [7, 11) is 0. The van der Waals surface area contributed by atoms with Gasteiger partial charge in [-0.1, -0.05) is 17.7 Å². The molecule has 0 atom stereocenters. The summed E-state index contributed by atoms with van der Waals surface area (Å²) in [4.78, 5) is 4.69. The number of hydrogen-bond donors (Lipinski definition) is 1. The van der Waals surface area contributed by atoms with Crippen LogP contribution in [0, 0.1) is 5.82 Å². The Hall–Kier alpha value is -1.26. The van der Waals surface area contributed by atoms with Gasteiger partial charge in [0.05, 0.1) is 0 Å². The van der Waals surface area contributed by atoms with Gasteiger partial charge in [0.2, 0.25) is 0 Å². The first-order valence-corrected chi connectivity index (χ1v) is 6.30. The summed E-state index contributed by atoms with van der Waals surface area (Å²) in [6.07, 6.45) is 1.63. The van der Waals surface area contributed by atoms with Crippen LogP contribution in [0.3, 0.4) is 0 Å². The molecular formula is C12H10ClFN2S. The molecule has 0 fully saturated rings. The molecule has 1 aromatic heterocycles. The topological polar surface area (TPSA) is 38.9 Å². The molecule has 2 N–H and O–H groups in total. The summed E-state index contributed by atoms with van der Waals surface area (Å²) in [5.41, 5.74) is 7.23. The highest BCUT2D eigenvalue weighted by Crippen LogP contribution is 2.30. The molecule has 0 unspecified atom stereocenters. The standard InChI is InChI=1S/C12H10ClFN2S/c13-12-8(2-1-5-16-12)7-17-11-6-9(14)3-4-10(11)15/h1-6H,7,15H2. The van der Waals surface area contributed by atoms with Crippen LogP contribution in [0.2, 0.25) is 5.15 Å². The summed E-state index contributed by atoms with van der Waals surface area (Å²) in [6.45, 7) is 0. The SMILES string of the molecule is Nc1ccc(F)cc1SCc1cccnc1Cl. The summed E-state index contributed by atoms with van der Waals surface area (Å²) < 4.78 is 13.0. The fourth-order valence-corrected chi connectivity index (χ4v) is 2.56. The van der Waals surface area contributed by atoms with Crippen LogP contribution in [0.25, 0.3) is 0 Å². The molecule has 1 aromatic carbocycles. The molecule has 0 saturated carbocycles. The lowest BCUT2D eigenvalue weighted by molar-refractivity contribution is 0.624. The lowest BCUT2D eigenvalue weighted by atomic mass is 10.3. The maximum atomic E-state index is 13.0. The van der Waals surface area contributed by atoms with Gasteiger partial charge in [-0.05, 0) is 29.8 Å². The van der Waals surface area contributed by atoms with Gasteiger partial charge in [-0.25, -0.2) is 9.37 Å². The Morgan fingerprint density at radius 2 is 2.18 bits per heavy atom. The Kier molecular flexibility index (Phi) is 3.86. The molecule has 5 heteroatoms. The number of rotatable bonds is 3. The van der Waals surface area contributed by atoms with Crippen molar-refractivity contribution in [3.05, 3.63) is 53.1 Å². The molecule has 2 aromatic rings. The predicted octanol–water partition coefficient (Wildman–Crippen LogP) is 3.75. The highest BCUT2D eigenvalue weighted by Gasteiger charge is 2.05. The first-order chi connectivity index (χ1) is 8.16. The number of thioether (sulfide) groups is 1. The largest absolute Gasteiger partial charge is 0.398 e. The van der Waals surface area contributed by atoms with Gasteiger partial charge in [0.1, 0.15) is 11.0 Å². The molecule has 1 heterocycles. The third kappa shape index (κ3) is 3.11. The number of nitrogen functional groups attached to an aromatic ring is 1.